The number of hydrogen-bond donors (Lipinski definition) is 1. The molecular weight excluding hydrogens is 248 g/mol. The molecule has 5 rings (SSSR count). The third-order valence-corrected chi connectivity index (χ3v) is 4.24. The number of imidazole rings is 1. The first-order valence-electron chi connectivity index (χ1n) is 6.23. The molecule has 3 saturated carbocycles. The maximum absolute atomic E-state index is 12.1. The molecule has 1 amide bonds. The van der Waals surface area contributed by atoms with Crippen LogP contribution in [0.25, 0.3) is 5.65 Å². The maximum Gasteiger partial charge on any atom is 0.352 e. The van der Waals surface area contributed by atoms with Crippen LogP contribution in [0.5, 0.6) is 0 Å². The first kappa shape index (κ1) is 10.7. The van der Waals surface area contributed by atoms with E-state index in [-0.39, 0.29) is 29.0 Å². The summed E-state index contributed by atoms with van der Waals surface area (Å²) in [7, 11) is 1.50. The Morgan fingerprint density at radius 1 is 1.42 bits per heavy atom. The molecule has 0 aromatic carbocycles. The van der Waals surface area contributed by atoms with Crippen molar-refractivity contribution in [3.8, 4) is 0 Å². The first-order valence-corrected chi connectivity index (χ1v) is 6.23. The van der Waals surface area contributed by atoms with E-state index in [2.05, 4.69) is 20.6 Å². The highest BCUT2D eigenvalue weighted by molar-refractivity contribution is 5.98. The number of amides is 1. The van der Waals surface area contributed by atoms with Gasteiger partial charge in [0.05, 0.1) is 0 Å². The molecule has 8 heteroatoms. The fourth-order valence-corrected chi connectivity index (χ4v) is 2.79. The second-order valence-electron chi connectivity index (χ2n) is 5.27. The lowest BCUT2D eigenvalue weighted by atomic mass is 9.52. The van der Waals surface area contributed by atoms with E-state index in [0.29, 0.717) is 11.8 Å². The Balaban J connectivity index is 1.69. The summed E-state index contributed by atoms with van der Waals surface area (Å²) in [6.45, 7) is 0. The molecule has 2 bridgehead atoms. The van der Waals surface area contributed by atoms with E-state index < -0.39 is 0 Å². The van der Waals surface area contributed by atoms with Crippen LogP contribution >= 0.6 is 0 Å². The summed E-state index contributed by atoms with van der Waals surface area (Å²) in [5.41, 5.74) is -0.00635. The lowest BCUT2D eigenvalue weighted by molar-refractivity contribution is -0.0367. The third kappa shape index (κ3) is 1.31. The molecule has 8 nitrogen and oxygen atoms in total. The van der Waals surface area contributed by atoms with Crippen molar-refractivity contribution in [2.45, 2.75) is 18.9 Å². The van der Waals surface area contributed by atoms with E-state index in [4.69, 9.17) is 0 Å². The van der Waals surface area contributed by atoms with E-state index in [1.807, 2.05) is 0 Å². The Bertz CT molecular complexity index is 733. The average molecular weight is 260 g/mol. The molecule has 98 valence electrons. The number of hydrogen-bond acceptors (Lipinski definition) is 5. The fourth-order valence-electron chi connectivity index (χ4n) is 2.79. The van der Waals surface area contributed by atoms with E-state index in [9.17, 15) is 9.59 Å². The van der Waals surface area contributed by atoms with Crippen molar-refractivity contribution in [2.75, 3.05) is 0 Å². The number of aromatic nitrogens is 5. The van der Waals surface area contributed by atoms with Crippen LogP contribution in [0.2, 0.25) is 0 Å². The normalized spacial score (nSPS) is 27.7. The van der Waals surface area contributed by atoms with Gasteiger partial charge in [-0.2, -0.15) is 4.68 Å². The zero-order valence-electron chi connectivity index (χ0n) is 10.3. The van der Waals surface area contributed by atoms with Crippen LogP contribution in [0.1, 0.15) is 23.3 Å². The molecule has 2 aromatic rings. The van der Waals surface area contributed by atoms with Crippen molar-refractivity contribution in [2.24, 2.45) is 18.9 Å². The van der Waals surface area contributed by atoms with E-state index in [1.165, 1.54) is 30.6 Å². The lowest BCUT2D eigenvalue weighted by Crippen LogP contribution is -2.63. The van der Waals surface area contributed by atoms with Gasteiger partial charge in [0.15, 0.2) is 11.3 Å². The molecule has 0 atom stereocenters. The Morgan fingerprint density at radius 2 is 2.16 bits per heavy atom. The van der Waals surface area contributed by atoms with Gasteiger partial charge in [0.2, 0.25) is 0 Å². The monoisotopic (exact) mass is 260 g/mol. The number of carbonyl (C=O) groups excluding carboxylic acids is 1. The molecule has 0 saturated heterocycles. The topological polar surface area (TPSA) is 94.2 Å². The number of aryl methyl sites for hydroxylation is 1. The lowest BCUT2D eigenvalue weighted by Gasteiger charge is -2.58. The van der Waals surface area contributed by atoms with Crippen LogP contribution in [0.15, 0.2) is 11.1 Å². The second kappa shape index (κ2) is 3.40. The molecule has 0 aliphatic heterocycles. The van der Waals surface area contributed by atoms with Gasteiger partial charge in [-0.25, -0.2) is 14.2 Å². The Kier molecular flexibility index (Phi) is 1.91. The minimum atomic E-state index is -0.372. The van der Waals surface area contributed by atoms with Crippen LogP contribution in [-0.4, -0.2) is 36.3 Å². The molecule has 0 unspecified atom stereocenters. The van der Waals surface area contributed by atoms with Gasteiger partial charge in [-0.1, -0.05) is 5.21 Å². The van der Waals surface area contributed by atoms with Gasteiger partial charge in [-0.15, -0.1) is 5.10 Å². The molecule has 0 spiro atoms. The molecule has 19 heavy (non-hydrogen) atoms. The van der Waals surface area contributed by atoms with Gasteiger partial charge in [-0.3, -0.25) is 4.79 Å². The summed E-state index contributed by atoms with van der Waals surface area (Å²) in [5, 5.41) is 10.5. The maximum atomic E-state index is 12.1. The smallest absolute Gasteiger partial charge is 0.347 e. The van der Waals surface area contributed by atoms with Crippen LogP contribution in [0, 0.1) is 11.8 Å². The van der Waals surface area contributed by atoms with E-state index in [1.54, 1.807) is 0 Å². The molecular formula is C11H12N6O2. The summed E-state index contributed by atoms with van der Waals surface area (Å²) >= 11 is 0. The van der Waals surface area contributed by atoms with E-state index >= 15 is 0 Å². The number of nitrogens with zero attached hydrogens (tertiary/aromatic N) is 5. The van der Waals surface area contributed by atoms with Gasteiger partial charge >= 0.3 is 5.69 Å². The quantitative estimate of drug-likeness (QED) is 0.744. The SMILES string of the molecule is Cn1nnc2c(C(=O)NC3C4CC3C4)ncn2c1=O. The molecule has 3 aliphatic carbocycles. The van der Waals surface area contributed by atoms with Gasteiger partial charge in [-0.05, 0) is 24.7 Å². The van der Waals surface area contributed by atoms with Crippen LogP contribution in [0.3, 0.4) is 0 Å². The summed E-state index contributed by atoms with van der Waals surface area (Å²) < 4.78 is 2.32. The Morgan fingerprint density at radius 3 is 2.79 bits per heavy atom. The molecule has 0 radical (unpaired) electrons. The van der Waals surface area contributed by atoms with Gasteiger partial charge in [0.25, 0.3) is 5.91 Å². The van der Waals surface area contributed by atoms with Crippen molar-refractivity contribution in [3.63, 3.8) is 0 Å². The fraction of sp³-hybridized carbons (Fsp3) is 0.545. The number of nitrogens with one attached hydrogen (secondary N) is 1. The summed E-state index contributed by atoms with van der Waals surface area (Å²) in [6.07, 6.45) is 3.74. The molecule has 1 N–H and O–H groups in total. The van der Waals surface area contributed by atoms with E-state index in [0.717, 1.165) is 4.68 Å². The molecule has 2 heterocycles. The van der Waals surface area contributed by atoms with Crippen molar-refractivity contribution in [1.29, 1.82) is 0 Å². The van der Waals surface area contributed by atoms with Crippen molar-refractivity contribution in [3.05, 3.63) is 22.5 Å². The van der Waals surface area contributed by atoms with Crippen molar-refractivity contribution in [1.82, 2.24) is 29.7 Å². The Hall–Kier alpha value is -2.25. The van der Waals surface area contributed by atoms with Crippen molar-refractivity contribution < 1.29 is 4.79 Å². The largest absolute Gasteiger partial charge is 0.352 e. The Labute approximate surface area is 107 Å². The predicted molar refractivity (Wildman–Crippen MR) is 63.5 cm³/mol. The minimum Gasteiger partial charge on any atom is -0.347 e. The zero-order chi connectivity index (χ0) is 13.1. The summed E-state index contributed by atoms with van der Waals surface area (Å²) in [5.74, 6) is 0.980. The van der Waals surface area contributed by atoms with Crippen LogP contribution in [-0.2, 0) is 7.05 Å². The zero-order valence-corrected chi connectivity index (χ0v) is 10.3. The standard InChI is InChI=1S/C11H12N6O2/c1-16-11(19)17-4-12-8(9(17)14-15-16)10(18)13-7-5-2-6(7)3-5/h4-7H,2-3H2,1H3,(H,13,18). The van der Waals surface area contributed by atoms with Crippen molar-refractivity contribution >= 4 is 11.6 Å². The van der Waals surface area contributed by atoms with Gasteiger partial charge in [0.1, 0.15) is 6.33 Å². The van der Waals surface area contributed by atoms with Gasteiger partial charge in [0, 0.05) is 13.1 Å². The van der Waals surface area contributed by atoms with Crippen LogP contribution in [0.4, 0.5) is 0 Å². The number of carbonyl (C=O) groups is 1. The molecule has 2 aromatic heterocycles. The highest BCUT2D eigenvalue weighted by Crippen LogP contribution is 2.53. The second-order valence-corrected chi connectivity index (χ2v) is 5.27. The average Bonchev–Trinajstić information content (AvgIpc) is 2.72. The first-order chi connectivity index (χ1) is 9.15. The third-order valence-electron chi connectivity index (χ3n) is 4.24. The molecule has 3 aliphatic rings. The highest BCUT2D eigenvalue weighted by Gasteiger charge is 2.53. The van der Waals surface area contributed by atoms with Crippen LogP contribution < -0.4 is 11.0 Å². The predicted octanol–water partition coefficient (Wildman–Crippen LogP) is -1.04. The highest BCUT2D eigenvalue weighted by atomic mass is 16.2. The summed E-state index contributed by atoms with van der Waals surface area (Å²) in [6, 6.07) is 0.281. The number of fused-ring (bicyclic) bond motifs is 1. The minimum absolute atomic E-state index is 0.163. The summed E-state index contributed by atoms with van der Waals surface area (Å²) in [4.78, 5) is 27.9. The van der Waals surface area contributed by atoms with Gasteiger partial charge < -0.3 is 5.32 Å². The molecule has 3 fully saturated rings. The number of rotatable bonds is 2.